The number of methoxy groups -OCH3 is 1. The maximum absolute atomic E-state index is 12.7. The number of esters is 1. The maximum Gasteiger partial charge on any atom is 0.337 e. The third-order valence-corrected chi connectivity index (χ3v) is 5.51. The van der Waals surface area contributed by atoms with Crippen LogP contribution in [0.4, 0.5) is 11.4 Å². The molecule has 0 aliphatic rings. The molecular weight excluding hydrogens is 458 g/mol. The van der Waals surface area contributed by atoms with Crippen molar-refractivity contribution in [1.82, 2.24) is 15.2 Å². The molecule has 2 aromatic carbocycles. The Hall–Kier alpha value is -3.99. The number of thioether (sulfide) groups is 1. The fourth-order valence-electron chi connectivity index (χ4n) is 3.20. The predicted molar refractivity (Wildman–Crippen MR) is 129 cm³/mol. The average molecular weight is 482 g/mol. The molecule has 176 valence electrons. The number of benzene rings is 2. The van der Waals surface area contributed by atoms with Crippen molar-refractivity contribution in [1.29, 1.82) is 0 Å². The summed E-state index contributed by atoms with van der Waals surface area (Å²) >= 11 is 1.01. The number of carbonyl (C=O) groups excluding carboxylic acids is 3. The van der Waals surface area contributed by atoms with Gasteiger partial charge in [0, 0.05) is 18.2 Å². The summed E-state index contributed by atoms with van der Waals surface area (Å²) in [4.78, 5) is 50.7. The molecule has 3 rings (SSSR count). The first-order valence-corrected chi connectivity index (χ1v) is 11.1. The molecule has 1 aromatic heterocycles. The first-order valence-electron chi connectivity index (χ1n) is 10.1. The molecule has 0 fully saturated rings. The Bertz CT molecular complexity index is 1300. The average Bonchev–Trinajstić information content (AvgIpc) is 2.79. The fraction of sp³-hybridized carbons (Fsp3) is 0.217. The van der Waals surface area contributed by atoms with Crippen LogP contribution in [0.1, 0.15) is 28.4 Å². The summed E-state index contributed by atoms with van der Waals surface area (Å²) in [6, 6.07) is 9.89. The van der Waals surface area contributed by atoms with E-state index in [4.69, 9.17) is 0 Å². The standard InChI is InChI=1S/C23H23N5O5S/c1-12-9-13(2)19(24-14(3)29)17(10-12)20-21(31)26-23(28-27-20)34-11-18(30)25-16-7-5-15(6-8-16)22(32)33-4/h5-10H,11H2,1-4H3,(H,24,29)(H,25,30)(H,26,28,31). The molecule has 0 radical (unpaired) electrons. The summed E-state index contributed by atoms with van der Waals surface area (Å²) in [7, 11) is 1.29. The van der Waals surface area contributed by atoms with Crippen LogP contribution in [0.5, 0.6) is 0 Å². The van der Waals surface area contributed by atoms with E-state index in [1.807, 2.05) is 19.9 Å². The third kappa shape index (κ3) is 6.07. The largest absolute Gasteiger partial charge is 0.465 e. The Kier molecular flexibility index (Phi) is 7.79. The van der Waals surface area contributed by atoms with Crippen LogP contribution in [0.2, 0.25) is 0 Å². The van der Waals surface area contributed by atoms with Gasteiger partial charge in [0.2, 0.25) is 11.8 Å². The number of aromatic nitrogens is 3. The predicted octanol–water partition coefficient (Wildman–Crippen LogP) is 2.92. The zero-order chi connectivity index (χ0) is 24.8. The minimum absolute atomic E-state index is 0.0244. The quantitative estimate of drug-likeness (QED) is 0.345. The summed E-state index contributed by atoms with van der Waals surface area (Å²) in [5.41, 5.74) is 3.10. The number of nitrogens with one attached hydrogen (secondary N) is 3. The smallest absolute Gasteiger partial charge is 0.337 e. The van der Waals surface area contributed by atoms with Crippen molar-refractivity contribution < 1.29 is 19.1 Å². The topological polar surface area (TPSA) is 143 Å². The number of rotatable bonds is 7. The van der Waals surface area contributed by atoms with E-state index in [2.05, 4.69) is 30.6 Å². The molecule has 10 nitrogen and oxygen atoms in total. The first-order chi connectivity index (χ1) is 16.2. The lowest BCUT2D eigenvalue weighted by atomic mass is 10.0. The van der Waals surface area contributed by atoms with Crippen molar-refractivity contribution in [2.75, 3.05) is 23.5 Å². The van der Waals surface area contributed by atoms with Gasteiger partial charge in [-0.25, -0.2) is 4.79 Å². The van der Waals surface area contributed by atoms with Gasteiger partial charge in [-0.3, -0.25) is 19.4 Å². The lowest BCUT2D eigenvalue weighted by molar-refractivity contribution is -0.114. The van der Waals surface area contributed by atoms with Gasteiger partial charge in [-0.2, -0.15) is 0 Å². The molecule has 2 amide bonds. The molecule has 0 aliphatic carbocycles. The van der Waals surface area contributed by atoms with Gasteiger partial charge >= 0.3 is 5.97 Å². The second kappa shape index (κ2) is 10.8. The van der Waals surface area contributed by atoms with E-state index in [9.17, 15) is 19.2 Å². The molecule has 3 N–H and O–H groups in total. The normalized spacial score (nSPS) is 10.5. The van der Waals surface area contributed by atoms with Gasteiger partial charge in [-0.05, 0) is 49.7 Å². The Morgan fingerprint density at radius 2 is 1.76 bits per heavy atom. The number of hydrogen-bond acceptors (Lipinski definition) is 8. The molecule has 0 saturated carbocycles. The zero-order valence-electron chi connectivity index (χ0n) is 19.0. The van der Waals surface area contributed by atoms with Gasteiger partial charge in [0.1, 0.15) is 0 Å². The van der Waals surface area contributed by atoms with E-state index < -0.39 is 11.5 Å². The van der Waals surface area contributed by atoms with E-state index in [1.165, 1.54) is 14.0 Å². The van der Waals surface area contributed by atoms with Crippen LogP contribution >= 0.6 is 11.8 Å². The van der Waals surface area contributed by atoms with Crippen molar-refractivity contribution in [2.45, 2.75) is 25.9 Å². The van der Waals surface area contributed by atoms with Crippen molar-refractivity contribution >= 4 is 40.9 Å². The number of nitrogens with zero attached hydrogens (tertiary/aromatic N) is 2. The molecule has 0 bridgehead atoms. The highest BCUT2D eigenvalue weighted by molar-refractivity contribution is 7.99. The van der Waals surface area contributed by atoms with E-state index in [0.717, 1.165) is 22.9 Å². The van der Waals surface area contributed by atoms with E-state index in [1.54, 1.807) is 30.3 Å². The molecule has 34 heavy (non-hydrogen) atoms. The summed E-state index contributed by atoms with van der Waals surface area (Å²) < 4.78 is 4.64. The maximum atomic E-state index is 12.7. The lowest BCUT2D eigenvalue weighted by Crippen LogP contribution is -2.18. The van der Waals surface area contributed by atoms with Crippen LogP contribution in [0.15, 0.2) is 46.3 Å². The Balaban J connectivity index is 1.70. The first kappa shape index (κ1) is 24.6. The van der Waals surface area contributed by atoms with Gasteiger partial charge in [-0.1, -0.05) is 23.4 Å². The zero-order valence-corrected chi connectivity index (χ0v) is 19.8. The number of carbonyl (C=O) groups is 3. The van der Waals surface area contributed by atoms with Crippen LogP contribution in [-0.4, -0.2) is 45.8 Å². The minimum Gasteiger partial charge on any atom is -0.465 e. The Morgan fingerprint density at radius 3 is 2.38 bits per heavy atom. The number of aromatic amines is 1. The highest BCUT2D eigenvalue weighted by atomic mass is 32.2. The van der Waals surface area contributed by atoms with Crippen molar-refractivity contribution in [3.63, 3.8) is 0 Å². The van der Waals surface area contributed by atoms with Crippen LogP contribution in [0.25, 0.3) is 11.3 Å². The summed E-state index contributed by atoms with van der Waals surface area (Å²) in [6.07, 6.45) is 0. The molecule has 11 heteroatoms. The third-order valence-electron chi connectivity index (χ3n) is 4.64. The second-order valence-electron chi connectivity index (χ2n) is 7.40. The molecule has 0 spiro atoms. The Labute approximate surface area is 199 Å². The molecular formula is C23H23N5O5S. The fourth-order valence-corrected chi connectivity index (χ4v) is 3.80. The summed E-state index contributed by atoms with van der Waals surface area (Å²) in [5, 5.41) is 13.7. The highest BCUT2D eigenvalue weighted by Crippen LogP contribution is 2.29. The van der Waals surface area contributed by atoms with Crippen LogP contribution in [0.3, 0.4) is 0 Å². The van der Waals surface area contributed by atoms with E-state index in [0.29, 0.717) is 22.5 Å². The Morgan fingerprint density at radius 1 is 1.06 bits per heavy atom. The number of anilines is 2. The van der Waals surface area contributed by atoms with Crippen LogP contribution in [-0.2, 0) is 14.3 Å². The van der Waals surface area contributed by atoms with Gasteiger partial charge in [0.05, 0.1) is 24.1 Å². The molecule has 0 atom stereocenters. The summed E-state index contributed by atoms with van der Waals surface area (Å²) in [5.74, 6) is -1.09. The number of ether oxygens (including phenoxy) is 1. The van der Waals surface area contributed by atoms with Crippen LogP contribution in [0, 0.1) is 13.8 Å². The van der Waals surface area contributed by atoms with Gasteiger partial charge in [0.25, 0.3) is 5.56 Å². The number of H-pyrrole nitrogens is 1. The number of aryl methyl sites for hydroxylation is 2. The molecule has 0 unspecified atom stereocenters. The van der Waals surface area contributed by atoms with Crippen molar-refractivity contribution in [3.8, 4) is 11.3 Å². The lowest BCUT2D eigenvalue weighted by Gasteiger charge is -2.13. The molecule has 0 saturated heterocycles. The van der Waals surface area contributed by atoms with Crippen molar-refractivity contribution in [2.24, 2.45) is 0 Å². The SMILES string of the molecule is COC(=O)c1ccc(NC(=O)CSc2nnc(-c3cc(C)cc(C)c3NC(C)=O)c(=O)[nH]2)cc1. The van der Waals surface area contributed by atoms with Crippen LogP contribution < -0.4 is 16.2 Å². The monoisotopic (exact) mass is 481 g/mol. The number of hydrogen-bond donors (Lipinski definition) is 3. The molecule has 0 aliphatic heterocycles. The van der Waals surface area contributed by atoms with E-state index in [-0.39, 0.29) is 28.4 Å². The molecule has 3 aromatic rings. The number of amides is 2. The van der Waals surface area contributed by atoms with Gasteiger partial charge in [-0.15, -0.1) is 10.2 Å². The van der Waals surface area contributed by atoms with Crippen molar-refractivity contribution in [3.05, 3.63) is 63.4 Å². The molecule has 1 heterocycles. The summed E-state index contributed by atoms with van der Waals surface area (Å²) in [6.45, 7) is 5.09. The minimum atomic E-state index is -0.493. The second-order valence-corrected chi connectivity index (χ2v) is 8.36. The van der Waals surface area contributed by atoms with E-state index >= 15 is 0 Å². The van der Waals surface area contributed by atoms with Gasteiger partial charge < -0.3 is 15.4 Å². The van der Waals surface area contributed by atoms with Gasteiger partial charge in [0.15, 0.2) is 10.9 Å². The highest BCUT2D eigenvalue weighted by Gasteiger charge is 2.16.